The number of aliphatic hydroxyl groups is 1. The number of amides is 1. The number of rotatable bonds is 5. The van der Waals surface area contributed by atoms with Crippen LogP contribution in [0.1, 0.15) is 30.9 Å². The maximum atomic E-state index is 12.1. The van der Waals surface area contributed by atoms with E-state index in [9.17, 15) is 9.90 Å². The van der Waals surface area contributed by atoms with E-state index < -0.39 is 5.60 Å². The van der Waals surface area contributed by atoms with Crippen molar-refractivity contribution in [1.29, 1.82) is 0 Å². The zero-order chi connectivity index (χ0) is 14.6. The molecule has 1 aromatic rings. The summed E-state index contributed by atoms with van der Waals surface area (Å²) in [6, 6.07) is 7.90. The van der Waals surface area contributed by atoms with Crippen LogP contribution in [-0.2, 0) is 10.4 Å². The van der Waals surface area contributed by atoms with Gasteiger partial charge < -0.3 is 10.0 Å². The molecule has 1 heterocycles. The molecule has 0 aromatic heterocycles. The molecular formula is C16H23NO2S. The van der Waals surface area contributed by atoms with Crippen LogP contribution in [-0.4, -0.2) is 40.5 Å². The van der Waals surface area contributed by atoms with E-state index in [1.54, 1.807) is 11.8 Å². The van der Waals surface area contributed by atoms with E-state index >= 15 is 0 Å². The molecule has 1 saturated heterocycles. The fourth-order valence-corrected chi connectivity index (χ4v) is 3.39. The van der Waals surface area contributed by atoms with Crippen LogP contribution in [0.15, 0.2) is 24.3 Å². The summed E-state index contributed by atoms with van der Waals surface area (Å²) < 4.78 is 0. The maximum Gasteiger partial charge on any atom is 0.223 e. The monoisotopic (exact) mass is 293 g/mol. The van der Waals surface area contributed by atoms with Crippen molar-refractivity contribution in [2.24, 2.45) is 0 Å². The van der Waals surface area contributed by atoms with E-state index in [1.165, 1.54) is 0 Å². The SMILES string of the molecule is CCSCCC(=O)N1CCC(O)(c2ccccc2C)C1. The zero-order valence-corrected chi connectivity index (χ0v) is 13.1. The van der Waals surface area contributed by atoms with Crippen LogP contribution < -0.4 is 0 Å². The Morgan fingerprint density at radius 3 is 2.90 bits per heavy atom. The van der Waals surface area contributed by atoms with Gasteiger partial charge in [-0.1, -0.05) is 31.2 Å². The minimum Gasteiger partial charge on any atom is -0.383 e. The second-order valence-electron chi connectivity index (χ2n) is 5.36. The van der Waals surface area contributed by atoms with Crippen molar-refractivity contribution in [3.8, 4) is 0 Å². The van der Waals surface area contributed by atoms with E-state index in [0.29, 0.717) is 25.9 Å². The number of nitrogens with zero attached hydrogens (tertiary/aromatic N) is 1. The number of aryl methyl sites for hydroxylation is 1. The zero-order valence-electron chi connectivity index (χ0n) is 12.3. The summed E-state index contributed by atoms with van der Waals surface area (Å²) in [4.78, 5) is 13.9. The summed E-state index contributed by atoms with van der Waals surface area (Å²) in [6.45, 7) is 5.19. The molecule has 1 unspecified atom stereocenters. The molecule has 0 bridgehead atoms. The van der Waals surface area contributed by atoms with Gasteiger partial charge in [0.1, 0.15) is 5.60 Å². The lowest BCUT2D eigenvalue weighted by molar-refractivity contribution is -0.130. The van der Waals surface area contributed by atoms with Crippen LogP contribution in [0.3, 0.4) is 0 Å². The van der Waals surface area contributed by atoms with Crippen molar-refractivity contribution < 1.29 is 9.90 Å². The fraction of sp³-hybridized carbons (Fsp3) is 0.562. The Morgan fingerprint density at radius 1 is 1.45 bits per heavy atom. The molecule has 0 saturated carbocycles. The largest absolute Gasteiger partial charge is 0.383 e. The topological polar surface area (TPSA) is 40.5 Å². The lowest BCUT2D eigenvalue weighted by Crippen LogP contribution is -2.35. The van der Waals surface area contributed by atoms with Gasteiger partial charge in [0.15, 0.2) is 0 Å². The summed E-state index contributed by atoms with van der Waals surface area (Å²) in [6.07, 6.45) is 1.20. The Labute approximate surface area is 125 Å². The van der Waals surface area contributed by atoms with Crippen molar-refractivity contribution in [2.75, 3.05) is 24.6 Å². The molecule has 1 aromatic carbocycles. The van der Waals surface area contributed by atoms with Gasteiger partial charge >= 0.3 is 0 Å². The molecule has 1 atom stereocenters. The predicted molar refractivity (Wildman–Crippen MR) is 83.9 cm³/mol. The van der Waals surface area contributed by atoms with Gasteiger partial charge in [-0.15, -0.1) is 0 Å². The van der Waals surface area contributed by atoms with Crippen molar-refractivity contribution >= 4 is 17.7 Å². The van der Waals surface area contributed by atoms with Crippen LogP contribution in [0.25, 0.3) is 0 Å². The third-order valence-corrected chi connectivity index (χ3v) is 4.81. The van der Waals surface area contributed by atoms with E-state index in [4.69, 9.17) is 0 Å². The summed E-state index contributed by atoms with van der Waals surface area (Å²) >= 11 is 1.78. The highest BCUT2D eigenvalue weighted by molar-refractivity contribution is 7.99. The Balaban J connectivity index is 2.01. The van der Waals surface area contributed by atoms with Crippen LogP contribution in [0.2, 0.25) is 0 Å². The summed E-state index contributed by atoms with van der Waals surface area (Å²) in [5.41, 5.74) is 1.17. The van der Waals surface area contributed by atoms with Crippen LogP contribution in [0, 0.1) is 6.92 Å². The van der Waals surface area contributed by atoms with Crippen LogP contribution in [0.5, 0.6) is 0 Å². The van der Waals surface area contributed by atoms with Crippen molar-refractivity contribution in [3.63, 3.8) is 0 Å². The van der Waals surface area contributed by atoms with Crippen molar-refractivity contribution in [1.82, 2.24) is 4.90 Å². The summed E-state index contributed by atoms with van der Waals surface area (Å²) in [5.74, 6) is 2.07. The average molecular weight is 293 g/mol. The highest BCUT2D eigenvalue weighted by Gasteiger charge is 2.39. The second-order valence-corrected chi connectivity index (χ2v) is 6.75. The third kappa shape index (κ3) is 3.36. The molecule has 20 heavy (non-hydrogen) atoms. The lowest BCUT2D eigenvalue weighted by Gasteiger charge is -2.25. The normalized spacial score (nSPS) is 22.2. The molecule has 1 aliphatic rings. The van der Waals surface area contributed by atoms with E-state index in [1.807, 2.05) is 36.1 Å². The van der Waals surface area contributed by atoms with Gasteiger partial charge in [0.2, 0.25) is 5.91 Å². The number of carbonyl (C=O) groups is 1. The highest BCUT2D eigenvalue weighted by Crippen LogP contribution is 2.34. The van der Waals surface area contributed by atoms with Crippen LogP contribution in [0.4, 0.5) is 0 Å². The molecule has 1 amide bonds. The molecule has 3 nitrogen and oxygen atoms in total. The van der Waals surface area contributed by atoms with Gasteiger partial charge in [-0.2, -0.15) is 11.8 Å². The summed E-state index contributed by atoms with van der Waals surface area (Å²) in [7, 11) is 0. The molecule has 1 N–H and O–H groups in total. The molecule has 110 valence electrons. The Hall–Kier alpha value is -1.00. The van der Waals surface area contributed by atoms with Crippen molar-refractivity contribution in [2.45, 2.75) is 32.3 Å². The molecule has 0 radical (unpaired) electrons. The van der Waals surface area contributed by atoms with Crippen molar-refractivity contribution in [3.05, 3.63) is 35.4 Å². The second kappa shape index (κ2) is 6.64. The Kier molecular flexibility index (Phi) is 5.11. The molecular weight excluding hydrogens is 270 g/mol. The van der Waals surface area contributed by atoms with Gasteiger partial charge in [-0.05, 0) is 30.2 Å². The fourth-order valence-electron chi connectivity index (χ4n) is 2.78. The molecule has 4 heteroatoms. The quantitative estimate of drug-likeness (QED) is 0.848. The lowest BCUT2D eigenvalue weighted by atomic mass is 9.89. The highest BCUT2D eigenvalue weighted by atomic mass is 32.2. The number of carbonyl (C=O) groups excluding carboxylic acids is 1. The number of hydrogen-bond acceptors (Lipinski definition) is 3. The third-order valence-electron chi connectivity index (χ3n) is 3.91. The van der Waals surface area contributed by atoms with E-state index in [2.05, 4.69) is 6.92 Å². The first-order valence-corrected chi connectivity index (χ1v) is 8.36. The standard InChI is InChI=1S/C16H23NO2S/c1-3-20-11-8-15(18)17-10-9-16(19,12-17)14-7-5-4-6-13(14)2/h4-7,19H,3,8-12H2,1-2H3. The number of benzene rings is 1. The predicted octanol–water partition coefficient (Wildman–Crippen LogP) is 2.56. The van der Waals surface area contributed by atoms with Gasteiger partial charge in [-0.25, -0.2) is 0 Å². The van der Waals surface area contributed by atoms with Crippen LogP contribution >= 0.6 is 11.8 Å². The summed E-state index contributed by atoms with van der Waals surface area (Å²) in [5, 5.41) is 10.8. The molecule has 1 aliphatic heterocycles. The number of thioether (sulfide) groups is 1. The molecule has 0 aliphatic carbocycles. The van der Waals surface area contributed by atoms with Gasteiger partial charge in [0, 0.05) is 18.7 Å². The van der Waals surface area contributed by atoms with Gasteiger partial charge in [0.05, 0.1) is 6.54 Å². The molecule has 1 fully saturated rings. The average Bonchev–Trinajstić information content (AvgIpc) is 2.83. The maximum absolute atomic E-state index is 12.1. The number of hydrogen-bond donors (Lipinski definition) is 1. The first-order valence-electron chi connectivity index (χ1n) is 7.21. The first kappa shape index (κ1) is 15.4. The smallest absolute Gasteiger partial charge is 0.223 e. The minimum absolute atomic E-state index is 0.162. The van der Waals surface area contributed by atoms with Gasteiger partial charge in [0.25, 0.3) is 0 Å². The molecule has 2 rings (SSSR count). The molecule has 0 spiro atoms. The number of likely N-dealkylation sites (tertiary alicyclic amines) is 1. The number of β-amino-alcohol motifs (C(OH)–C–C–N with tert-alkyl or cyclic N) is 1. The van der Waals surface area contributed by atoms with Gasteiger partial charge in [-0.3, -0.25) is 4.79 Å². The van der Waals surface area contributed by atoms with E-state index in [-0.39, 0.29) is 5.91 Å². The van der Waals surface area contributed by atoms with E-state index in [0.717, 1.165) is 22.6 Å². The minimum atomic E-state index is -0.876. The Morgan fingerprint density at radius 2 is 2.20 bits per heavy atom. The first-order chi connectivity index (χ1) is 9.57. The Bertz CT molecular complexity index is 477.